The Balaban J connectivity index is 1.86. The van der Waals surface area contributed by atoms with Crippen LogP contribution in [0, 0.1) is 10.1 Å². The number of hydrogen-bond acceptors (Lipinski definition) is 5. The van der Waals surface area contributed by atoms with Crippen LogP contribution < -0.4 is 5.32 Å². The minimum Gasteiger partial charge on any atom is -0.506 e. The number of rotatable bonds is 3. The molecule has 114 valence electrons. The first-order valence-corrected chi connectivity index (χ1v) is 6.62. The molecule has 0 unspecified atom stereocenters. The number of carbonyl (C=O) groups is 2. The van der Waals surface area contributed by atoms with Crippen LogP contribution in [0.15, 0.2) is 54.1 Å². The van der Waals surface area contributed by atoms with Gasteiger partial charge in [0.05, 0.1) is 4.92 Å². The summed E-state index contributed by atoms with van der Waals surface area (Å²) in [5.41, 5.74) is 0.397. The molecule has 3 rings (SSSR count). The fraction of sp³-hybridized carbons (Fsp3) is 0. The van der Waals surface area contributed by atoms with Gasteiger partial charge in [-0.3, -0.25) is 19.7 Å². The van der Waals surface area contributed by atoms with E-state index in [1.807, 2.05) is 0 Å². The summed E-state index contributed by atoms with van der Waals surface area (Å²) in [5, 5.41) is 23.1. The highest BCUT2D eigenvalue weighted by Gasteiger charge is 2.33. The van der Waals surface area contributed by atoms with Crippen LogP contribution in [0.5, 0.6) is 0 Å². The average molecular weight is 310 g/mol. The van der Waals surface area contributed by atoms with Crippen molar-refractivity contribution < 1.29 is 19.6 Å². The van der Waals surface area contributed by atoms with Crippen LogP contribution in [0.25, 0.3) is 5.76 Å². The van der Waals surface area contributed by atoms with Crippen LogP contribution >= 0.6 is 0 Å². The number of aliphatic hydroxyl groups is 1. The lowest BCUT2D eigenvalue weighted by molar-refractivity contribution is -0.384. The zero-order valence-electron chi connectivity index (χ0n) is 11.6. The van der Waals surface area contributed by atoms with Gasteiger partial charge in [-0.05, 0) is 12.1 Å². The van der Waals surface area contributed by atoms with Crippen molar-refractivity contribution in [3.63, 3.8) is 0 Å². The second-order valence-electron chi connectivity index (χ2n) is 4.86. The topological polar surface area (TPSA) is 110 Å². The Morgan fingerprint density at radius 2 is 1.65 bits per heavy atom. The monoisotopic (exact) mass is 310 g/mol. The Hall–Kier alpha value is -3.48. The van der Waals surface area contributed by atoms with Gasteiger partial charge in [-0.1, -0.05) is 24.3 Å². The summed E-state index contributed by atoms with van der Waals surface area (Å²) in [6.07, 6.45) is 0. The second kappa shape index (κ2) is 5.38. The molecule has 0 spiro atoms. The lowest BCUT2D eigenvalue weighted by atomic mass is 10.1. The van der Waals surface area contributed by atoms with Crippen molar-refractivity contribution in [2.45, 2.75) is 0 Å². The number of aliphatic hydroxyl groups excluding tert-OH is 1. The summed E-state index contributed by atoms with van der Waals surface area (Å²) in [7, 11) is 0. The first-order valence-electron chi connectivity index (χ1n) is 6.62. The van der Waals surface area contributed by atoms with E-state index in [-0.39, 0.29) is 28.3 Å². The van der Waals surface area contributed by atoms with Gasteiger partial charge in [0.1, 0.15) is 11.3 Å². The van der Waals surface area contributed by atoms with E-state index in [0.29, 0.717) is 5.56 Å². The third-order valence-electron chi connectivity index (χ3n) is 3.45. The maximum Gasteiger partial charge on any atom is 0.269 e. The quantitative estimate of drug-likeness (QED) is 0.514. The number of nitrogens with one attached hydrogen (secondary N) is 1. The summed E-state index contributed by atoms with van der Waals surface area (Å²) in [4.78, 5) is 34.5. The number of fused-ring (bicyclic) bond motifs is 1. The lowest BCUT2D eigenvalue weighted by Gasteiger charge is -2.05. The minimum absolute atomic E-state index is 0.116. The summed E-state index contributed by atoms with van der Waals surface area (Å²) in [5.74, 6) is -1.69. The molecule has 2 N–H and O–H groups in total. The molecule has 7 heteroatoms. The number of anilines is 1. The van der Waals surface area contributed by atoms with Gasteiger partial charge in [-0.15, -0.1) is 0 Å². The Bertz CT molecular complexity index is 868. The highest BCUT2D eigenvalue weighted by molar-refractivity contribution is 6.36. The molecule has 0 radical (unpaired) electrons. The number of carbonyl (C=O) groups excluding carboxylic acids is 2. The van der Waals surface area contributed by atoms with Crippen molar-refractivity contribution >= 4 is 28.8 Å². The predicted octanol–water partition coefficient (Wildman–Crippen LogP) is 2.70. The van der Waals surface area contributed by atoms with Crippen molar-refractivity contribution in [3.8, 4) is 0 Å². The molecule has 7 nitrogen and oxygen atoms in total. The minimum atomic E-state index is -0.766. The van der Waals surface area contributed by atoms with Gasteiger partial charge < -0.3 is 10.4 Å². The summed E-state index contributed by atoms with van der Waals surface area (Å²) in [6.45, 7) is 0. The second-order valence-corrected chi connectivity index (χ2v) is 4.86. The molecule has 0 heterocycles. The fourth-order valence-electron chi connectivity index (χ4n) is 2.34. The molecule has 1 amide bonds. The van der Waals surface area contributed by atoms with Gasteiger partial charge in [-0.25, -0.2) is 0 Å². The Labute approximate surface area is 130 Å². The van der Waals surface area contributed by atoms with E-state index >= 15 is 0 Å². The standard InChI is InChI=1S/C16H10N2O5/c19-14-11-3-1-2-4-12(11)15(20)13(14)16(21)17-9-5-7-10(8-6-9)18(22)23/h1-8,19H,(H,17,21). The number of nitro groups is 1. The van der Waals surface area contributed by atoms with E-state index in [4.69, 9.17) is 0 Å². The number of hydrogen-bond donors (Lipinski definition) is 2. The van der Waals surface area contributed by atoms with Gasteiger partial charge in [0.15, 0.2) is 0 Å². The van der Waals surface area contributed by atoms with Crippen molar-refractivity contribution in [1.29, 1.82) is 0 Å². The van der Waals surface area contributed by atoms with Crippen LogP contribution in [0.4, 0.5) is 11.4 Å². The normalized spacial score (nSPS) is 13.0. The van der Waals surface area contributed by atoms with Crippen LogP contribution in [0.2, 0.25) is 0 Å². The van der Waals surface area contributed by atoms with Gasteiger partial charge in [0.2, 0.25) is 5.78 Å². The van der Waals surface area contributed by atoms with Crippen molar-refractivity contribution in [3.05, 3.63) is 75.3 Å². The number of non-ortho nitro benzene ring substituents is 1. The molecule has 0 fully saturated rings. The van der Waals surface area contributed by atoms with Crippen molar-refractivity contribution in [2.75, 3.05) is 5.32 Å². The smallest absolute Gasteiger partial charge is 0.269 e. The van der Waals surface area contributed by atoms with E-state index in [1.54, 1.807) is 18.2 Å². The molecule has 0 atom stereocenters. The van der Waals surface area contributed by atoms with E-state index in [2.05, 4.69) is 5.32 Å². The first-order chi connectivity index (χ1) is 11.0. The van der Waals surface area contributed by atoms with Crippen LogP contribution in [-0.2, 0) is 4.79 Å². The number of nitrogens with zero attached hydrogens (tertiary/aromatic N) is 1. The number of amides is 1. The number of Topliss-reactive ketones (excluding diaryl/α,β-unsaturated/α-hetero) is 1. The average Bonchev–Trinajstić information content (AvgIpc) is 2.80. The van der Waals surface area contributed by atoms with Gasteiger partial charge in [-0.2, -0.15) is 0 Å². The molecule has 2 aromatic rings. The van der Waals surface area contributed by atoms with Crippen LogP contribution in [-0.4, -0.2) is 21.7 Å². The van der Waals surface area contributed by atoms with E-state index in [9.17, 15) is 24.8 Å². The van der Waals surface area contributed by atoms with E-state index in [1.165, 1.54) is 30.3 Å². The zero-order valence-corrected chi connectivity index (χ0v) is 11.6. The molecule has 0 saturated carbocycles. The third-order valence-corrected chi connectivity index (χ3v) is 3.45. The molecule has 1 aliphatic rings. The summed E-state index contributed by atoms with van der Waals surface area (Å²) >= 11 is 0. The fourth-order valence-corrected chi connectivity index (χ4v) is 2.34. The maximum atomic E-state index is 12.2. The highest BCUT2D eigenvalue weighted by atomic mass is 16.6. The molecule has 1 aliphatic carbocycles. The lowest BCUT2D eigenvalue weighted by Crippen LogP contribution is -2.19. The molecule has 0 aromatic heterocycles. The zero-order chi connectivity index (χ0) is 16.6. The highest BCUT2D eigenvalue weighted by Crippen LogP contribution is 2.31. The number of nitro benzene ring substituents is 1. The van der Waals surface area contributed by atoms with Crippen LogP contribution in [0.3, 0.4) is 0 Å². The molecular formula is C16H10N2O5. The summed E-state index contributed by atoms with van der Waals surface area (Å²) < 4.78 is 0. The number of benzene rings is 2. The molecule has 0 bridgehead atoms. The largest absolute Gasteiger partial charge is 0.506 e. The van der Waals surface area contributed by atoms with Crippen molar-refractivity contribution in [2.24, 2.45) is 0 Å². The predicted molar refractivity (Wildman–Crippen MR) is 82.0 cm³/mol. The first kappa shape index (κ1) is 14.5. The Morgan fingerprint density at radius 1 is 1.04 bits per heavy atom. The van der Waals surface area contributed by atoms with Crippen LogP contribution in [0.1, 0.15) is 15.9 Å². The molecule has 0 aliphatic heterocycles. The molecule has 2 aromatic carbocycles. The molecule has 0 saturated heterocycles. The Kier molecular flexibility index (Phi) is 3.38. The molecular weight excluding hydrogens is 300 g/mol. The van der Waals surface area contributed by atoms with Gasteiger partial charge in [0, 0.05) is 28.9 Å². The summed E-state index contributed by atoms with van der Waals surface area (Å²) in [6, 6.07) is 11.5. The number of ketones is 1. The van der Waals surface area contributed by atoms with E-state index in [0.717, 1.165) is 0 Å². The third kappa shape index (κ3) is 2.44. The van der Waals surface area contributed by atoms with Gasteiger partial charge >= 0.3 is 0 Å². The maximum absolute atomic E-state index is 12.2. The van der Waals surface area contributed by atoms with Gasteiger partial charge in [0.25, 0.3) is 11.6 Å². The van der Waals surface area contributed by atoms with E-state index < -0.39 is 16.6 Å². The van der Waals surface area contributed by atoms with Crippen molar-refractivity contribution in [1.82, 2.24) is 0 Å². The Morgan fingerprint density at radius 3 is 2.22 bits per heavy atom. The SMILES string of the molecule is O=C(Nc1ccc([N+](=O)[O-])cc1)C1=C(O)c2ccccc2C1=O. The molecule has 23 heavy (non-hydrogen) atoms.